The van der Waals surface area contributed by atoms with Crippen molar-refractivity contribution >= 4 is 17.5 Å². The van der Waals surface area contributed by atoms with Gasteiger partial charge in [-0.2, -0.15) is 0 Å². The Kier molecular flexibility index (Phi) is 4.90. The summed E-state index contributed by atoms with van der Waals surface area (Å²) in [7, 11) is 0. The highest BCUT2D eigenvalue weighted by Gasteiger charge is 2.28. The Morgan fingerprint density at radius 1 is 1.22 bits per heavy atom. The van der Waals surface area contributed by atoms with Gasteiger partial charge in [0.05, 0.1) is 5.71 Å². The van der Waals surface area contributed by atoms with E-state index in [1.807, 2.05) is 35.2 Å². The number of hydrogen-bond donors (Lipinski definition) is 1. The van der Waals surface area contributed by atoms with Gasteiger partial charge in [-0.15, -0.1) is 0 Å². The fourth-order valence-electron chi connectivity index (χ4n) is 2.85. The van der Waals surface area contributed by atoms with E-state index in [2.05, 4.69) is 10.5 Å². The Labute approximate surface area is 135 Å². The van der Waals surface area contributed by atoms with E-state index >= 15 is 0 Å². The molecule has 6 nitrogen and oxygen atoms in total. The van der Waals surface area contributed by atoms with Gasteiger partial charge in [0.25, 0.3) is 5.91 Å². The molecule has 2 heterocycles. The maximum absolute atomic E-state index is 12.1. The number of nitrogens with zero attached hydrogens (tertiary/aromatic N) is 2. The quantitative estimate of drug-likeness (QED) is 0.890. The summed E-state index contributed by atoms with van der Waals surface area (Å²) >= 11 is 0. The molecule has 0 saturated carbocycles. The van der Waals surface area contributed by atoms with E-state index in [0.29, 0.717) is 19.4 Å². The van der Waals surface area contributed by atoms with Crippen molar-refractivity contribution in [2.75, 3.05) is 19.6 Å². The average molecular weight is 315 g/mol. The van der Waals surface area contributed by atoms with Crippen molar-refractivity contribution < 1.29 is 14.4 Å². The molecule has 3 rings (SSSR count). The number of oxime groups is 1. The minimum Gasteiger partial charge on any atom is -0.382 e. The predicted molar refractivity (Wildman–Crippen MR) is 85.9 cm³/mol. The van der Waals surface area contributed by atoms with Gasteiger partial charge in [0, 0.05) is 32.5 Å². The van der Waals surface area contributed by atoms with Crippen LogP contribution < -0.4 is 5.32 Å². The second-order valence-electron chi connectivity index (χ2n) is 5.83. The molecule has 0 aliphatic carbocycles. The van der Waals surface area contributed by atoms with E-state index in [0.717, 1.165) is 37.2 Å². The third kappa shape index (κ3) is 3.88. The maximum Gasteiger partial charge on any atom is 0.264 e. The molecule has 23 heavy (non-hydrogen) atoms. The van der Waals surface area contributed by atoms with Crippen LogP contribution in [0, 0.1) is 0 Å². The van der Waals surface area contributed by atoms with Gasteiger partial charge in [0.1, 0.15) is 0 Å². The number of carbonyl (C=O) groups excluding carboxylic acids is 2. The third-order valence-corrected chi connectivity index (χ3v) is 4.17. The topological polar surface area (TPSA) is 71.0 Å². The van der Waals surface area contributed by atoms with Crippen molar-refractivity contribution in [1.82, 2.24) is 10.2 Å². The van der Waals surface area contributed by atoms with Crippen LogP contribution in [-0.2, 0) is 14.4 Å². The van der Waals surface area contributed by atoms with Gasteiger partial charge < -0.3 is 15.1 Å². The third-order valence-electron chi connectivity index (χ3n) is 4.17. The monoisotopic (exact) mass is 315 g/mol. The molecule has 1 aromatic rings. The number of rotatable bonds is 5. The Bertz CT molecular complexity index is 594. The molecule has 1 fully saturated rings. The molecule has 1 aromatic carbocycles. The molecule has 1 saturated heterocycles. The highest BCUT2D eigenvalue weighted by molar-refractivity contribution is 6.04. The number of carbonyl (C=O) groups is 2. The normalized spacial score (nSPS) is 20.1. The van der Waals surface area contributed by atoms with Gasteiger partial charge >= 0.3 is 0 Å². The number of nitrogens with one attached hydrogen (secondary N) is 1. The van der Waals surface area contributed by atoms with Gasteiger partial charge in [-0.3, -0.25) is 9.59 Å². The molecule has 122 valence electrons. The lowest BCUT2D eigenvalue weighted by atomic mass is 10.0. The largest absolute Gasteiger partial charge is 0.382 e. The first-order chi connectivity index (χ1) is 11.2. The zero-order valence-corrected chi connectivity index (χ0v) is 13.0. The second kappa shape index (κ2) is 7.26. The molecule has 0 unspecified atom stereocenters. The van der Waals surface area contributed by atoms with Gasteiger partial charge in [-0.1, -0.05) is 35.5 Å². The first-order valence-electron chi connectivity index (χ1n) is 8.07. The fraction of sp³-hybridized carbons (Fsp3) is 0.471. The minimum atomic E-state index is -0.605. The van der Waals surface area contributed by atoms with Crippen LogP contribution in [-0.4, -0.2) is 48.2 Å². The molecule has 0 spiro atoms. The van der Waals surface area contributed by atoms with E-state index in [4.69, 9.17) is 4.84 Å². The Morgan fingerprint density at radius 2 is 1.96 bits per heavy atom. The smallest absolute Gasteiger partial charge is 0.264 e. The average Bonchev–Trinajstić information content (AvgIpc) is 3.27. The van der Waals surface area contributed by atoms with E-state index in [1.165, 1.54) is 0 Å². The molecule has 1 atom stereocenters. The highest BCUT2D eigenvalue weighted by Crippen LogP contribution is 2.16. The summed E-state index contributed by atoms with van der Waals surface area (Å²) in [6.07, 6.45) is 2.34. The van der Waals surface area contributed by atoms with Crippen LogP contribution in [0.25, 0.3) is 0 Å². The van der Waals surface area contributed by atoms with Gasteiger partial charge in [-0.25, -0.2) is 0 Å². The van der Waals surface area contributed by atoms with Gasteiger partial charge in [0.2, 0.25) is 12.0 Å². The summed E-state index contributed by atoms with van der Waals surface area (Å²) < 4.78 is 0. The molecule has 2 aliphatic heterocycles. The Morgan fingerprint density at radius 3 is 2.70 bits per heavy atom. The molecule has 6 heteroatoms. The molecule has 2 amide bonds. The standard InChI is InChI=1S/C17H21N3O3/c21-16(20-10-4-5-11-20)8-9-18-17(22)15-12-14(19-23-15)13-6-2-1-3-7-13/h1-3,6-7,15H,4-5,8-12H2,(H,18,22)/t15-/m0/s1. The van der Waals surface area contributed by atoms with Crippen LogP contribution >= 0.6 is 0 Å². The molecule has 0 aromatic heterocycles. The predicted octanol–water partition coefficient (Wildman–Crippen LogP) is 1.31. The zero-order chi connectivity index (χ0) is 16.1. The van der Waals surface area contributed by atoms with Gasteiger partial charge in [0.15, 0.2) is 0 Å². The summed E-state index contributed by atoms with van der Waals surface area (Å²) in [5.74, 6) is -0.106. The SMILES string of the molecule is O=C(NCCC(=O)N1CCCC1)[C@@H]1CC(c2ccccc2)=NO1. The number of amides is 2. The first kappa shape index (κ1) is 15.5. The van der Waals surface area contributed by atoms with Crippen LogP contribution in [0.3, 0.4) is 0 Å². The summed E-state index contributed by atoms with van der Waals surface area (Å²) in [6.45, 7) is 2.02. The summed E-state index contributed by atoms with van der Waals surface area (Å²) in [6, 6.07) is 9.67. The molecule has 1 N–H and O–H groups in total. The highest BCUT2D eigenvalue weighted by atomic mass is 16.6. The number of benzene rings is 1. The van der Waals surface area contributed by atoms with E-state index in [-0.39, 0.29) is 11.8 Å². The Hall–Kier alpha value is -2.37. The van der Waals surface area contributed by atoms with Crippen molar-refractivity contribution in [3.05, 3.63) is 35.9 Å². The lowest BCUT2D eigenvalue weighted by Crippen LogP contribution is -2.37. The van der Waals surface area contributed by atoms with Crippen LogP contribution in [0.5, 0.6) is 0 Å². The molecule has 0 bridgehead atoms. The second-order valence-corrected chi connectivity index (χ2v) is 5.83. The van der Waals surface area contributed by atoms with Crippen molar-refractivity contribution in [3.63, 3.8) is 0 Å². The van der Waals surface area contributed by atoms with Crippen molar-refractivity contribution in [1.29, 1.82) is 0 Å². The lowest BCUT2D eigenvalue weighted by molar-refractivity contribution is -0.132. The van der Waals surface area contributed by atoms with Gasteiger partial charge in [-0.05, 0) is 18.4 Å². The molecule has 2 aliphatic rings. The van der Waals surface area contributed by atoms with Crippen molar-refractivity contribution in [2.24, 2.45) is 5.16 Å². The van der Waals surface area contributed by atoms with E-state index < -0.39 is 6.10 Å². The lowest BCUT2D eigenvalue weighted by Gasteiger charge is -2.15. The van der Waals surface area contributed by atoms with E-state index in [1.54, 1.807) is 0 Å². The summed E-state index contributed by atoms with van der Waals surface area (Å²) in [4.78, 5) is 31.1. The minimum absolute atomic E-state index is 0.108. The van der Waals surface area contributed by atoms with Crippen LogP contribution in [0.15, 0.2) is 35.5 Å². The summed E-state index contributed by atoms with van der Waals surface area (Å²) in [5, 5.41) is 6.76. The number of hydrogen-bond acceptors (Lipinski definition) is 4. The Balaban J connectivity index is 1.41. The maximum atomic E-state index is 12.1. The van der Waals surface area contributed by atoms with Crippen molar-refractivity contribution in [2.45, 2.75) is 31.8 Å². The molecular formula is C17H21N3O3. The fourth-order valence-corrected chi connectivity index (χ4v) is 2.85. The van der Waals surface area contributed by atoms with Crippen LogP contribution in [0.1, 0.15) is 31.2 Å². The first-order valence-corrected chi connectivity index (χ1v) is 8.07. The van der Waals surface area contributed by atoms with Crippen LogP contribution in [0.4, 0.5) is 0 Å². The number of likely N-dealkylation sites (tertiary alicyclic amines) is 1. The summed E-state index contributed by atoms with van der Waals surface area (Å²) in [5.41, 5.74) is 1.74. The van der Waals surface area contributed by atoms with Crippen LogP contribution in [0.2, 0.25) is 0 Å². The zero-order valence-electron chi connectivity index (χ0n) is 13.0. The van der Waals surface area contributed by atoms with Crippen molar-refractivity contribution in [3.8, 4) is 0 Å². The van der Waals surface area contributed by atoms with E-state index in [9.17, 15) is 9.59 Å². The molecular weight excluding hydrogens is 294 g/mol. The molecule has 0 radical (unpaired) electrons.